The number of nitrogens with zero attached hydrogens (tertiary/aromatic N) is 2. The third-order valence-corrected chi connectivity index (χ3v) is 2.35. The molecule has 0 amide bonds. The lowest BCUT2D eigenvalue weighted by molar-refractivity contribution is -0.385. The van der Waals surface area contributed by atoms with Crippen molar-refractivity contribution in [3.63, 3.8) is 0 Å². The Labute approximate surface area is 87.4 Å². The number of hydrogen-bond donors (Lipinski definition) is 1. The summed E-state index contributed by atoms with van der Waals surface area (Å²) in [7, 11) is 0. The maximum Gasteiger partial charge on any atom is 0.279 e. The minimum absolute atomic E-state index is 0.0651. The molecule has 13 heavy (non-hydrogen) atoms. The Morgan fingerprint density at radius 3 is 2.85 bits per heavy atom. The lowest BCUT2D eigenvalue weighted by Crippen LogP contribution is -1.96. The van der Waals surface area contributed by atoms with Crippen LogP contribution in [0.2, 0.25) is 0 Å². The lowest BCUT2D eigenvalue weighted by Gasteiger charge is -1.97. The van der Waals surface area contributed by atoms with Crippen molar-refractivity contribution in [1.29, 1.82) is 0 Å². The first kappa shape index (κ1) is 9.90. The Morgan fingerprint density at radius 1 is 1.62 bits per heavy atom. The summed E-state index contributed by atoms with van der Waals surface area (Å²) in [6, 6.07) is 4.64. The Bertz CT molecular complexity index is 365. The van der Waals surface area contributed by atoms with Crippen molar-refractivity contribution in [2.45, 2.75) is 0 Å². The van der Waals surface area contributed by atoms with Gasteiger partial charge in [0.05, 0.1) is 16.7 Å². The van der Waals surface area contributed by atoms with Gasteiger partial charge in [0.2, 0.25) is 0 Å². The van der Waals surface area contributed by atoms with Crippen LogP contribution in [0.3, 0.4) is 0 Å². The number of oxime groups is 1. The molecule has 0 fully saturated rings. The van der Waals surface area contributed by atoms with E-state index in [-0.39, 0.29) is 5.69 Å². The monoisotopic (exact) mass is 292 g/mol. The van der Waals surface area contributed by atoms with E-state index in [1.165, 1.54) is 6.07 Å². The molecule has 0 unspecified atom stereocenters. The zero-order valence-electron chi connectivity index (χ0n) is 6.35. The van der Waals surface area contributed by atoms with Crippen LogP contribution in [0.4, 0.5) is 5.69 Å². The molecule has 0 atom stereocenters. The average Bonchev–Trinajstić information content (AvgIpc) is 2.08. The summed E-state index contributed by atoms with van der Waals surface area (Å²) < 4.78 is 0.671. The topological polar surface area (TPSA) is 75.7 Å². The van der Waals surface area contributed by atoms with Crippen molar-refractivity contribution in [1.82, 2.24) is 0 Å². The number of benzene rings is 1. The van der Waals surface area contributed by atoms with Gasteiger partial charge in [-0.25, -0.2) is 0 Å². The van der Waals surface area contributed by atoms with E-state index in [4.69, 9.17) is 5.21 Å². The second kappa shape index (κ2) is 4.17. The van der Waals surface area contributed by atoms with Gasteiger partial charge in [0.1, 0.15) is 0 Å². The molecule has 0 saturated carbocycles. The predicted octanol–water partition coefficient (Wildman–Crippen LogP) is 2.01. The fourth-order valence-corrected chi connectivity index (χ4v) is 1.49. The highest BCUT2D eigenvalue weighted by atomic mass is 127. The second-order valence-electron chi connectivity index (χ2n) is 2.17. The fourth-order valence-electron chi connectivity index (χ4n) is 0.870. The standard InChI is InChI=1S/C7H5IN2O3/c8-6-2-1-3-7(10(12)13)5(6)4-9-11/h1-4,11H/b9-4+. The third-order valence-electron chi connectivity index (χ3n) is 1.41. The molecule has 5 nitrogen and oxygen atoms in total. The van der Waals surface area contributed by atoms with Crippen molar-refractivity contribution < 1.29 is 10.1 Å². The second-order valence-corrected chi connectivity index (χ2v) is 3.34. The van der Waals surface area contributed by atoms with Gasteiger partial charge in [-0.1, -0.05) is 11.2 Å². The number of nitro benzene ring substituents is 1. The van der Waals surface area contributed by atoms with E-state index < -0.39 is 4.92 Å². The smallest absolute Gasteiger partial charge is 0.279 e. The van der Waals surface area contributed by atoms with Gasteiger partial charge in [-0.15, -0.1) is 0 Å². The summed E-state index contributed by atoms with van der Waals surface area (Å²) in [6.07, 6.45) is 1.06. The lowest BCUT2D eigenvalue weighted by atomic mass is 10.2. The van der Waals surface area contributed by atoms with Crippen LogP contribution in [0.25, 0.3) is 0 Å². The molecule has 0 saturated heterocycles. The van der Waals surface area contributed by atoms with Crippen molar-refractivity contribution in [2.24, 2.45) is 5.16 Å². The number of rotatable bonds is 2. The van der Waals surface area contributed by atoms with Gasteiger partial charge in [0, 0.05) is 9.64 Å². The molecule has 0 aliphatic carbocycles. The maximum absolute atomic E-state index is 10.5. The van der Waals surface area contributed by atoms with E-state index in [1.807, 2.05) is 22.6 Å². The molecule has 0 bridgehead atoms. The van der Waals surface area contributed by atoms with Crippen LogP contribution < -0.4 is 0 Å². The van der Waals surface area contributed by atoms with Gasteiger partial charge in [-0.05, 0) is 28.7 Å². The molecule has 0 heterocycles. The molecule has 0 aliphatic rings. The molecule has 0 spiro atoms. The normalized spacial score (nSPS) is 10.5. The molecule has 1 N–H and O–H groups in total. The summed E-state index contributed by atoms with van der Waals surface area (Å²) in [5.74, 6) is 0. The zero-order valence-corrected chi connectivity index (χ0v) is 8.50. The number of hydrogen-bond acceptors (Lipinski definition) is 4. The minimum Gasteiger partial charge on any atom is -0.411 e. The summed E-state index contributed by atoms with van der Waals surface area (Å²) >= 11 is 1.94. The maximum atomic E-state index is 10.5. The third kappa shape index (κ3) is 2.14. The zero-order chi connectivity index (χ0) is 9.84. The van der Waals surface area contributed by atoms with Crippen molar-refractivity contribution in [2.75, 3.05) is 0 Å². The largest absolute Gasteiger partial charge is 0.411 e. The van der Waals surface area contributed by atoms with Gasteiger partial charge in [0.15, 0.2) is 0 Å². The van der Waals surface area contributed by atoms with Gasteiger partial charge in [-0.3, -0.25) is 10.1 Å². The molecular weight excluding hydrogens is 287 g/mol. The first-order valence-electron chi connectivity index (χ1n) is 3.27. The van der Waals surface area contributed by atoms with E-state index in [1.54, 1.807) is 12.1 Å². The van der Waals surface area contributed by atoms with E-state index in [0.717, 1.165) is 6.21 Å². The Morgan fingerprint density at radius 2 is 2.31 bits per heavy atom. The van der Waals surface area contributed by atoms with Gasteiger partial charge >= 0.3 is 0 Å². The van der Waals surface area contributed by atoms with Gasteiger partial charge < -0.3 is 5.21 Å². The van der Waals surface area contributed by atoms with E-state index in [9.17, 15) is 10.1 Å². The van der Waals surface area contributed by atoms with Crippen molar-refractivity contribution in [3.05, 3.63) is 37.4 Å². The van der Waals surface area contributed by atoms with Gasteiger partial charge in [0.25, 0.3) is 5.69 Å². The molecule has 1 aromatic rings. The van der Waals surface area contributed by atoms with Crippen molar-refractivity contribution >= 4 is 34.5 Å². The van der Waals surface area contributed by atoms with E-state index in [2.05, 4.69) is 5.16 Å². The first-order chi connectivity index (χ1) is 6.16. The van der Waals surface area contributed by atoms with Gasteiger partial charge in [-0.2, -0.15) is 0 Å². The van der Waals surface area contributed by atoms with Crippen LogP contribution in [0.15, 0.2) is 23.4 Å². The van der Waals surface area contributed by atoms with E-state index >= 15 is 0 Å². The highest BCUT2D eigenvalue weighted by Crippen LogP contribution is 2.21. The quantitative estimate of drug-likeness (QED) is 0.298. The van der Waals surface area contributed by atoms with E-state index in [0.29, 0.717) is 9.13 Å². The number of halogens is 1. The molecule has 68 valence electrons. The van der Waals surface area contributed by atoms with Crippen LogP contribution in [-0.2, 0) is 0 Å². The highest BCUT2D eigenvalue weighted by Gasteiger charge is 2.13. The molecule has 0 radical (unpaired) electrons. The molecule has 0 aliphatic heterocycles. The van der Waals surface area contributed by atoms with Crippen LogP contribution in [0, 0.1) is 13.7 Å². The SMILES string of the molecule is O=[N+]([O-])c1cccc(I)c1/C=N/O. The average molecular weight is 292 g/mol. The molecule has 0 aromatic heterocycles. The predicted molar refractivity (Wildman–Crippen MR) is 55.2 cm³/mol. The molecular formula is C7H5IN2O3. The van der Waals surface area contributed by atoms with Crippen LogP contribution in [0.1, 0.15) is 5.56 Å². The summed E-state index contributed by atoms with van der Waals surface area (Å²) in [5.41, 5.74) is 0.250. The highest BCUT2D eigenvalue weighted by molar-refractivity contribution is 14.1. The number of nitro groups is 1. The minimum atomic E-state index is -0.515. The summed E-state index contributed by atoms with van der Waals surface area (Å²) in [5, 5.41) is 21.6. The molecule has 1 rings (SSSR count). The van der Waals surface area contributed by atoms with Crippen LogP contribution in [-0.4, -0.2) is 16.3 Å². The first-order valence-corrected chi connectivity index (χ1v) is 4.35. The van der Waals surface area contributed by atoms with Crippen molar-refractivity contribution in [3.8, 4) is 0 Å². The van der Waals surface area contributed by atoms with Crippen LogP contribution in [0.5, 0.6) is 0 Å². The van der Waals surface area contributed by atoms with Crippen LogP contribution >= 0.6 is 22.6 Å². The molecule has 6 heteroatoms. The Balaban J connectivity index is 3.33. The summed E-state index contributed by atoms with van der Waals surface area (Å²) in [6.45, 7) is 0. The Hall–Kier alpha value is -1.18. The molecule has 1 aromatic carbocycles. The summed E-state index contributed by atoms with van der Waals surface area (Å²) in [4.78, 5) is 9.99. The Kier molecular flexibility index (Phi) is 3.18. The fraction of sp³-hybridized carbons (Fsp3) is 0.